The van der Waals surface area contributed by atoms with E-state index < -0.39 is 6.04 Å². The van der Waals surface area contributed by atoms with E-state index in [9.17, 15) is 9.59 Å². The van der Waals surface area contributed by atoms with Gasteiger partial charge in [-0.25, -0.2) is 4.79 Å². The lowest BCUT2D eigenvalue weighted by Gasteiger charge is -2.33. The molecule has 25 heavy (non-hydrogen) atoms. The second kappa shape index (κ2) is 9.42. The summed E-state index contributed by atoms with van der Waals surface area (Å²) in [6, 6.07) is 9.78. The maximum absolute atomic E-state index is 12.4. The van der Waals surface area contributed by atoms with Gasteiger partial charge in [0.05, 0.1) is 33.3 Å². The first-order valence-corrected chi connectivity index (χ1v) is 9.05. The third kappa shape index (κ3) is 5.46. The van der Waals surface area contributed by atoms with Gasteiger partial charge in [0.25, 0.3) is 5.91 Å². The number of para-hydroxylation sites is 1. The van der Waals surface area contributed by atoms with Gasteiger partial charge >= 0.3 is 5.97 Å². The van der Waals surface area contributed by atoms with Gasteiger partial charge in [-0.3, -0.25) is 4.79 Å². The Labute approximate surface area is 150 Å². The van der Waals surface area contributed by atoms with Crippen LogP contribution in [0.4, 0.5) is 5.69 Å². The van der Waals surface area contributed by atoms with Crippen LogP contribution in [0.5, 0.6) is 0 Å². The number of anilines is 1. The van der Waals surface area contributed by atoms with Gasteiger partial charge in [0.15, 0.2) is 6.54 Å². The number of methoxy groups -OCH3 is 1. The molecule has 0 bridgehead atoms. The monoisotopic (exact) mass is 348 g/mol. The Morgan fingerprint density at radius 2 is 1.88 bits per heavy atom. The topological polar surface area (TPSA) is 63.1 Å². The number of nitrogens with zero attached hydrogens (tertiary/aromatic N) is 1. The molecule has 1 aliphatic heterocycles. The zero-order chi connectivity index (χ0) is 18.2. The van der Waals surface area contributed by atoms with Crippen molar-refractivity contribution in [1.82, 2.24) is 5.32 Å². The normalized spacial score (nSPS) is 17.6. The summed E-state index contributed by atoms with van der Waals surface area (Å²) >= 11 is 0. The standard InChI is InChI=1S/C19H29N3O3/c1-4-15(2)18(19(24)25-3)20-17(23)14-21-10-12-22(13-11-21)16-8-6-5-7-9-16/h5-9,15,18H,4,10-14H2,1-3H3,(H,20,23)/p+1/t15-,18+/m0/s1. The summed E-state index contributed by atoms with van der Waals surface area (Å²) in [5.74, 6) is -0.396. The first-order valence-electron chi connectivity index (χ1n) is 9.05. The first-order chi connectivity index (χ1) is 12.0. The molecular formula is C19H30N3O3+. The fourth-order valence-electron chi connectivity index (χ4n) is 3.14. The highest BCUT2D eigenvalue weighted by atomic mass is 16.5. The van der Waals surface area contributed by atoms with Crippen molar-refractivity contribution in [2.24, 2.45) is 5.92 Å². The number of carbonyl (C=O) groups is 2. The fraction of sp³-hybridized carbons (Fsp3) is 0.579. The van der Waals surface area contributed by atoms with Crippen LogP contribution in [0.3, 0.4) is 0 Å². The number of carbonyl (C=O) groups excluding carboxylic acids is 2. The molecule has 0 radical (unpaired) electrons. The zero-order valence-corrected chi connectivity index (χ0v) is 15.5. The minimum atomic E-state index is -0.562. The second-order valence-corrected chi connectivity index (χ2v) is 6.70. The second-order valence-electron chi connectivity index (χ2n) is 6.70. The molecule has 1 aliphatic rings. The van der Waals surface area contributed by atoms with Gasteiger partial charge < -0.3 is 19.9 Å². The number of rotatable bonds is 7. The van der Waals surface area contributed by atoms with Crippen LogP contribution < -0.4 is 15.1 Å². The van der Waals surface area contributed by atoms with Crippen molar-refractivity contribution in [3.05, 3.63) is 30.3 Å². The van der Waals surface area contributed by atoms with Crippen molar-refractivity contribution in [2.75, 3.05) is 44.7 Å². The first kappa shape index (κ1) is 19.2. The summed E-state index contributed by atoms with van der Waals surface area (Å²) in [6.07, 6.45) is 0.808. The van der Waals surface area contributed by atoms with Crippen LogP contribution in [-0.2, 0) is 14.3 Å². The van der Waals surface area contributed by atoms with E-state index in [0.717, 1.165) is 32.6 Å². The number of nitrogens with one attached hydrogen (secondary N) is 2. The molecule has 1 aromatic carbocycles. The summed E-state index contributed by atoms with van der Waals surface area (Å²) in [6.45, 7) is 8.03. The van der Waals surface area contributed by atoms with Crippen LogP contribution in [0.1, 0.15) is 20.3 Å². The van der Waals surface area contributed by atoms with Gasteiger partial charge in [0, 0.05) is 5.69 Å². The van der Waals surface area contributed by atoms with Crippen LogP contribution in [-0.4, -0.2) is 57.8 Å². The molecular weight excluding hydrogens is 318 g/mol. The molecule has 138 valence electrons. The van der Waals surface area contributed by atoms with Crippen LogP contribution in [0.2, 0.25) is 0 Å². The van der Waals surface area contributed by atoms with E-state index in [0.29, 0.717) is 6.54 Å². The number of piperazine rings is 1. The number of esters is 1. The molecule has 6 nitrogen and oxygen atoms in total. The molecule has 0 aliphatic carbocycles. The average Bonchev–Trinajstić information content (AvgIpc) is 2.66. The minimum absolute atomic E-state index is 0.0568. The Morgan fingerprint density at radius 3 is 2.44 bits per heavy atom. The number of hydrogen-bond donors (Lipinski definition) is 2. The third-order valence-corrected chi connectivity index (χ3v) is 4.99. The fourth-order valence-corrected chi connectivity index (χ4v) is 3.14. The Kier molecular flexibility index (Phi) is 7.25. The number of benzene rings is 1. The van der Waals surface area contributed by atoms with Crippen LogP contribution >= 0.6 is 0 Å². The van der Waals surface area contributed by atoms with Crippen molar-refractivity contribution >= 4 is 17.6 Å². The minimum Gasteiger partial charge on any atom is -0.467 e. The molecule has 1 saturated heterocycles. The summed E-state index contributed by atoms with van der Waals surface area (Å²) in [5, 5.41) is 2.86. The van der Waals surface area contributed by atoms with Gasteiger partial charge in [-0.2, -0.15) is 0 Å². The number of quaternary nitrogens is 1. The smallest absolute Gasteiger partial charge is 0.328 e. The van der Waals surface area contributed by atoms with Crippen molar-refractivity contribution in [3.63, 3.8) is 0 Å². The van der Waals surface area contributed by atoms with E-state index in [1.54, 1.807) is 0 Å². The maximum atomic E-state index is 12.4. The molecule has 0 unspecified atom stereocenters. The van der Waals surface area contributed by atoms with Crippen molar-refractivity contribution in [3.8, 4) is 0 Å². The molecule has 1 heterocycles. The van der Waals surface area contributed by atoms with Gasteiger partial charge in [-0.1, -0.05) is 38.5 Å². The van der Waals surface area contributed by atoms with Crippen molar-refractivity contribution in [2.45, 2.75) is 26.3 Å². The predicted octanol–water partition coefficient (Wildman–Crippen LogP) is 0.0954. The molecule has 2 atom stereocenters. The van der Waals surface area contributed by atoms with E-state index in [2.05, 4.69) is 22.3 Å². The lowest BCUT2D eigenvalue weighted by atomic mass is 9.99. The van der Waals surface area contributed by atoms with Gasteiger partial charge in [-0.05, 0) is 18.1 Å². The summed E-state index contributed by atoms with van der Waals surface area (Å²) < 4.78 is 4.82. The largest absolute Gasteiger partial charge is 0.467 e. The average molecular weight is 348 g/mol. The quantitative estimate of drug-likeness (QED) is 0.686. The van der Waals surface area contributed by atoms with Gasteiger partial charge in [0.1, 0.15) is 6.04 Å². The Balaban J connectivity index is 1.82. The molecule has 1 amide bonds. The van der Waals surface area contributed by atoms with E-state index >= 15 is 0 Å². The van der Waals surface area contributed by atoms with Gasteiger partial charge in [0.2, 0.25) is 0 Å². The van der Waals surface area contributed by atoms with Crippen LogP contribution in [0.15, 0.2) is 30.3 Å². The van der Waals surface area contributed by atoms with Crippen molar-refractivity contribution in [1.29, 1.82) is 0 Å². The van der Waals surface area contributed by atoms with Gasteiger partial charge in [-0.15, -0.1) is 0 Å². The highest BCUT2D eigenvalue weighted by Gasteiger charge is 2.29. The lowest BCUT2D eigenvalue weighted by Crippen LogP contribution is -3.16. The lowest BCUT2D eigenvalue weighted by molar-refractivity contribution is -0.892. The summed E-state index contributed by atoms with van der Waals surface area (Å²) in [4.78, 5) is 27.8. The van der Waals surface area contributed by atoms with E-state index in [1.165, 1.54) is 17.7 Å². The van der Waals surface area contributed by atoms with Crippen LogP contribution in [0.25, 0.3) is 0 Å². The molecule has 6 heteroatoms. The number of ether oxygens (including phenoxy) is 1. The SMILES string of the molecule is CC[C@H](C)[C@@H](NC(=O)C[NH+]1CCN(c2ccccc2)CC1)C(=O)OC. The zero-order valence-electron chi connectivity index (χ0n) is 15.5. The highest BCUT2D eigenvalue weighted by molar-refractivity contribution is 5.85. The maximum Gasteiger partial charge on any atom is 0.328 e. The predicted molar refractivity (Wildman–Crippen MR) is 97.6 cm³/mol. The Bertz CT molecular complexity index is 556. The van der Waals surface area contributed by atoms with E-state index in [4.69, 9.17) is 4.74 Å². The van der Waals surface area contributed by atoms with E-state index in [1.807, 2.05) is 32.0 Å². The Hall–Kier alpha value is -2.08. The number of hydrogen-bond acceptors (Lipinski definition) is 4. The Morgan fingerprint density at radius 1 is 1.24 bits per heavy atom. The molecule has 1 fully saturated rings. The molecule has 0 spiro atoms. The summed E-state index contributed by atoms with van der Waals surface area (Å²) in [5.41, 5.74) is 1.23. The summed E-state index contributed by atoms with van der Waals surface area (Å²) in [7, 11) is 1.36. The van der Waals surface area contributed by atoms with E-state index in [-0.39, 0.29) is 17.8 Å². The van der Waals surface area contributed by atoms with Crippen LogP contribution in [0, 0.1) is 5.92 Å². The van der Waals surface area contributed by atoms with Crippen molar-refractivity contribution < 1.29 is 19.2 Å². The molecule has 1 aromatic rings. The molecule has 2 N–H and O–H groups in total. The molecule has 0 aromatic heterocycles. The number of amides is 1. The molecule has 0 saturated carbocycles. The third-order valence-electron chi connectivity index (χ3n) is 4.99. The molecule has 2 rings (SSSR count). The highest BCUT2D eigenvalue weighted by Crippen LogP contribution is 2.12.